The highest BCUT2D eigenvalue weighted by Gasteiger charge is 2.51. The Balaban J connectivity index is 0.846. The lowest BCUT2D eigenvalue weighted by atomic mass is 9.70. The minimum atomic E-state index is -0.482. The van der Waals surface area contributed by atoms with E-state index in [1.807, 2.05) is 0 Å². The lowest BCUT2D eigenvalue weighted by Gasteiger charge is -2.32. The molecule has 7 heteroatoms. The molecule has 0 saturated carbocycles. The van der Waals surface area contributed by atoms with Gasteiger partial charge >= 0.3 is 0 Å². The van der Waals surface area contributed by atoms with Crippen LogP contribution in [0.15, 0.2) is 285 Å². The molecule has 2 aliphatic rings. The zero-order valence-corrected chi connectivity index (χ0v) is 44.3. The summed E-state index contributed by atoms with van der Waals surface area (Å²) in [5.41, 5.74) is 28.0. The largest absolute Gasteiger partial charge is 0.310 e. The summed E-state index contributed by atoms with van der Waals surface area (Å²) < 4.78 is 9.23. The highest BCUT2D eigenvalue weighted by atomic mass is 15.2. The molecule has 382 valence electrons. The van der Waals surface area contributed by atoms with Gasteiger partial charge in [-0.05, 0) is 170 Å². The van der Waals surface area contributed by atoms with E-state index in [0.29, 0.717) is 0 Å². The first-order valence-electron chi connectivity index (χ1n) is 28.1. The highest BCUT2D eigenvalue weighted by Crippen LogP contribution is 2.63. The molecule has 16 aromatic rings. The Morgan fingerprint density at radius 2 is 0.646 bits per heavy atom. The van der Waals surface area contributed by atoms with Crippen LogP contribution < -0.4 is 4.90 Å². The third-order valence-electron chi connectivity index (χ3n) is 17.6. The van der Waals surface area contributed by atoms with Crippen LogP contribution in [0.1, 0.15) is 22.3 Å². The van der Waals surface area contributed by atoms with Crippen molar-refractivity contribution in [2.45, 2.75) is 5.41 Å². The Labute approximate surface area is 471 Å². The second-order valence-corrected chi connectivity index (χ2v) is 21.8. The van der Waals surface area contributed by atoms with E-state index in [0.717, 1.165) is 95.3 Å². The first-order chi connectivity index (χ1) is 40.7. The quantitative estimate of drug-likeness (QED) is 0.160. The molecule has 0 amide bonds. The minimum Gasteiger partial charge on any atom is -0.310 e. The van der Waals surface area contributed by atoms with E-state index in [1.165, 1.54) is 55.6 Å². The molecular formula is C75H47N7. The third kappa shape index (κ3) is 6.19. The molecule has 7 nitrogen and oxygen atoms in total. The van der Waals surface area contributed by atoms with E-state index < -0.39 is 5.41 Å². The molecule has 2 aliphatic carbocycles. The summed E-state index contributed by atoms with van der Waals surface area (Å²) in [5, 5.41) is 0. The van der Waals surface area contributed by atoms with Gasteiger partial charge in [0, 0.05) is 17.1 Å². The number of hydrogen-bond donors (Lipinski definition) is 0. The van der Waals surface area contributed by atoms with Gasteiger partial charge in [0.05, 0.1) is 60.9 Å². The fraction of sp³-hybridized carbons (Fsp3) is 0.0133. The maximum Gasteiger partial charge on any atom is 0.220 e. The van der Waals surface area contributed by atoms with E-state index in [4.69, 9.17) is 9.97 Å². The monoisotopic (exact) mass is 1050 g/mol. The van der Waals surface area contributed by atoms with Crippen molar-refractivity contribution in [2.24, 2.45) is 0 Å². The Kier molecular flexibility index (Phi) is 9.31. The van der Waals surface area contributed by atoms with Crippen molar-refractivity contribution in [2.75, 3.05) is 4.90 Å². The fourth-order valence-corrected chi connectivity index (χ4v) is 14.1. The van der Waals surface area contributed by atoms with E-state index in [2.05, 4.69) is 308 Å². The SMILES string of the molecule is c1ccc(-c2ccc(N(c3ccc(-c4cc(-n5c6ccccc6n6c7ccccc7nc56)cc(-n5c6ccccc6n6c7ccccc7nc56)c4)cc3)c3ccc4c(c3)C3(c5ccccc5-c5ccccc53)c3ccccc3-4)cc2)cc1. The van der Waals surface area contributed by atoms with Crippen LogP contribution in [0.5, 0.6) is 0 Å². The topological polar surface area (TPSA) is 47.7 Å². The van der Waals surface area contributed by atoms with Crippen molar-refractivity contribution in [3.8, 4) is 55.9 Å². The summed E-state index contributed by atoms with van der Waals surface area (Å²) in [6.07, 6.45) is 0. The number of rotatable bonds is 7. The Hall–Kier alpha value is -11.0. The number of fused-ring (bicyclic) bond motifs is 20. The zero-order valence-electron chi connectivity index (χ0n) is 44.3. The van der Waals surface area contributed by atoms with Crippen LogP contribution in [-0.4, -0.2) is 27.9 Å². The number of para-hydroxylation sites is 8. The van der Waals surface area contributed by atoms with Gasteiger partial charge in [0.2, 0.25) is 11.6 Å². The first kappa shape index (κ1) is 44.9. The predicted molar refractivity (Wildman–Crippen MR) is 334 cm³/mol. The Bertz CT molecular complexity index is 5060. The second-order valence-electron chi connectivity index (χ2n) is 21.8. The van der Waals surface area contributed by atoms with Crippen molar-refractivity contribution in [3.05, 3.63) is 307 Å². The number of anilines is 3. The minimum absolute atomic E-state index is 0.482. The van der Waals surface area contributed by atoms with Crippen LogP contribution in [0.3, 0.4) is 0 Å². The Morgan fingerprint density at radius 3 is 1.15 bits per heavy atom. The van der Waals surface area contributed by atoms with Crippen LogP contribution in [-0.2, 0) is 5.41 Å². The second kappa shape index (κ2) is 17.0. The summed E-state index contributed by atoms with van der Waals surface area (Å²) in [6, 6.07) is 104. The molecule has 18 rings (SSSR count). The molecule has 0 fully saturated rings. The molecule has 82 heavy (non-hydrogen) atoms. The number of imidazole rings is 4. The highest BCUT2D eigenvalue weighted by molar-refractivity contribution is 5.98. The average Bonchev–Trinajstić information content (AvgIpc) is 1.74. The van der Waals surface area contributed by atoms with Gasteiger partial charge in [-0.15, -0.1) is 0 Å². The molecule has 0 atom stereocenters. The third-order valence-corrected chi connectivity index (χ3v) is 17.6. The van der Waals surface area contributed by atoms with Gasteiger partial charge in [-0.1, -0.05) is 182 Å². The fourth-order valence-electron chi connectivity index (χ4n) is 14.1. The van der Waals surface area contributed by atoms with Crippen molar-refractivity contribution in [1.82, 2.24) is 27.9 Å². The van der Waals surface area contributed by atoms with E-state index >= 15 is 0 Å². The summed E-state index contributed by atoms with van der Waals surface area (Å²) >= 11 is 0. The van der Waals surface area contributed by atoms with Crippen molar-refractivity contribution in [3.63, 3.8) is 0 Å². The number of hydrogen-bond acceptors (Lipinski definition) is 3. The molecule has 0 aliphatic heterocycles. The lowest BCUT2D eigenvalue weighted by molar-refractivity contribution is 0.793. The van der Waals surface area contributed by atoms with E-state index in [1.54, 1.807) is 0 Å². The summed E-state index contributed by atoms with van der Waals surface area (Å²) in [6.45, 7) is 0. The zero-order chi connectivity index (χ0) is 53.6. The number of aromatic nitrogens is 6. The Morgan fingerprint density at radius 1 is 0.268 bits per heavy atom. The van der Waals surface area contributed by atoms with Crippen LogP contribution >= 0.6 is 0 Å². The van der Waals surface area contributed by atoms with Crippen LogP contribution in [0.2, 0.25) is 0 Å². The molecule has 0 saturated heterocycles. The first-order valence-corrected chi connectivity index (χ1v) is 28.1. The normalized spacial score (nSPS) is 13.0. The van der Waals surface area contributed by atoms with Crippen molar-refractivity contribution >= 4 is 72.8 Å². The molecule has 1 spiro atoms. The van der Waals surface area contributed by atoms with Crippen LogP contribution in [0.4, 0.5) is 17.1 Å². The van der Waals surface area contributed by atoms with E-state index in [-0.39, 0.29) is 0 Å². The van der Waals surface area contributed by atoms with Gasteiger partial charge in [0.15, 0.2) is 0 Å². The van der Waals surface area contributed by atoms with Crippen LogP contribution in [0, 0.1) is 0 Å². The molecule has 0 unspecified atom stereocenters. The standard InChI is InChI=1S/C75H47N7/c1-2-18-48(19-3-1)49-34-38-52(39-35-49)78(54-42-43-60-59-22-6-9-25-63(59)75(64(60)47-54)61-23-7-4-20-57(61)58-21-5-8-24-62(58)75)53-40-36-50(37-41-53)51-44-55(79-69-30-14-16-32-71(69)81-67-28-12-10-26-65(67)76-73(79)81)46-56(45-51)80-70-31-15-17-33-72(70)82-68-29-13-11-27-66(68)77-74(80)82/h1-47H. The average molecular weight is 1050 g/mol. The van der Waals surface area contributed by atoms with Gasteiger partial charge in [-0.25, -0.2) is 9.97 Å². The van der Waals surface area contributed by atoms with Crippen LogP contribution in [0.25, 0.3) is 112 Å². The maximum atomic E-state index is 5.34. The van der Waals surface area contributed by atoms with Gasteiger partial charge in [0.25, 0.3) is 0 Å². The van der Waals surface area contributed by atoms with Gasteiger partial charge in [-0.2, -0.15) is 0 Å². The molecule has 4 heterocycles. The smallest absolute Gasteiger partial charge is 0.220 e. The lowest BCUT2D eigenvalue weighted by Crippen LogP contribution is -2.26. The van der Waals surface area contributed by atoms with Gasteiger partial charge in [-0.3, -0.25) is 17.9 Å². The maximum absolute atomic E-state index is 5.34. The molecular weight excluding hydrogens is 999 g/mol. The molecule has 0 N–H and O–H groups in total. The molecule has 4 aromatic heterocycles. The van der Waals surface area contributed by atoms with Gasteiger partial charge in [0.1, 0.15) is 0 Å². The van der Waals surface area contributed by atoms with Gasteiger partial charge < -0.3 is 4.90 Å². The molecule has 0 radical (unpaired) electrons. The van der Waals surface area contributed by atoms with Crippen molar-refractivity contribution in [1.29, 1.82) is 0 Å². The number of benzene rings is 12. The summed E-state index contributed by atoms with van der Waals surface area (Å²) in [4.78, 5) is 13.1. The summed E-state index contributed by atoms with van der Waals surface area (Å²) in [7, 11) is 0. The number of nitrogens with zero attached hydrogens (tertiary/aromatic N) is 7. The summed E-state index contributed by atoms with van der Waals surface area (Å²) in [5.74, 6) is 1.71. The predicted octanol–water partition coefficient (Wildman–Crippen LogP) is 18.3. The molecule has 12 aromatic carbocycles. The molecule has 0 bridgehead atoms. The van der Waals surface area contributed by atoms with E-state index in [9.17, 15) is 0 Å². The van der Waals surface area contributed by atoms with Crippen molar-refractivity contribution < 1.29 is 0 Å².